The summed E-state index contributed by atoms with van der Waals surface area (Å²) in [7, 11) is 5.33. The summed E-state index contributed by atoms with van der Waals surface area (Å²) >= 11 is 0. The Labute approximate surface area is 225 Å². The maximum atomic E-state index is 14.3. The van der Waals surface area contributed by atoms with E-state index in [1.54, 1.807) is 4.90 Å². The molecule has 0 unspecified atom stereocenters. The number of hydrogen-bond acceptors (Lipinski definition) is 5. The number of Topliss-reactive ketones (excluding diaryl/α,β-unsaturated/α-hetero) is 1. The van der Waals surface area contributed by atoms with Gasteiger partial charge in [-0.2, -0.15) is 0 Å². The van der Waals surface area contributed by atoms with Gasteiger partial charge in [0, 0.05) is 27.7 Å². The first-order valence-electron chi connectivity index (χ1n) is 12.8. The molecular formula is C32H36N2O4. The molecule has 0 N–H and O–H groups in total. The third-order valence-corrected chi connectivity index (χ3v) is 6.62. The molecule has 0 fully saturated rings. The van der Waals surface area contributed by atoms with Crippen molar-refractivity contribution < 1.29 is 19.1 Å². The number of hydrogen-bond donors (Lipinski definition) is 0. The summed E-state index contributed by atoms with van der Waals surface area (Å²) in [6.07, 6.45) is -0.523. The van der Waals surface area contributed by atoms with Gasteiger partial charge in [0.2, 0.25) is 5.78 Å². The SMILES string of the molecule is CO[C@@]1([C@H](c2ccccc2)N(Cc2ccccc2)C(=O)OC(C)(C)C)C(=O)C(c2ccccc2)=C1N(C)C. The second-order valence-electron chi connectivity index (χ2n) is 10.7. The Morgan fingerprint density at radius 2 is 1.39 bits per heavy atom. The number of rotatable bonds is 8. The highest BCUT2D eigenvalue weighted by Crippen LogP contribution is 2.53. The van der Waals surface area contributed by atoms with Crippen LogP contribution < -0.4 is 0 Å². The highest BCUT2D eigenvalue weighted by atomic mass is 16.6. The third kappa shape index (κ3) is 5.09. The van der Waals surface area contributed by atoms with Crippen molar-refractivity contribution in [1.29, 1.82) is 0 Å². The Balaban J connectivity index is 1.96. The number of amides is 1. The molecule has 4 rings (SSSR count). The Kier molecular flexibility index (Phi) is 7.74. The molecule has 0 heterocycles. The number of ketones is 1. The molecule has 0 spiro atoms. The zero-order chi connectivity index (χ0) is 27.5. The Bertz CT molecular complexity index is 1300. The molecule has 0 saturated carbocycles. The topological polar surface area (TPSA) is 59.1 Å². The third-order valence-electron chi connectivity index (χ3n) is 6.62. The van der Waals surface area contributed by atoms with E-state index in [1.165, 1.54) is 7.11 Å². The molecule has 0 aromatic heterocycles. The van der Waals surface area contributed by atoms with Gasteiger partial charge >= 0.3 is 6.09 Å². The Morgan fingerprint density at radius 1 is 0.868 bits per heavy atom. The molecule has 3 aromatic rings. The van der Waals surface area contributed by atoms with Gasteiger partial charge in [-0.05, 0) is 37.5 Å². The van der Waals surface area contributed by atoms with E-state index in [4.69, 9.17) is 9.47 Å². The van der Waals surface area contributed by atoms with Gasteiger partial charge in [-0.1, -0.05) is 91.0 Å². The number of methoxy groups -OCH3 is 1. The second kappa shape index (κ2) is 10.8. The lowest BCUT2D eigenvalue weighted by Gasteiger charge is -2.52. The molecule has 1 aliphatic carbocycles. The first-order valence-corrected chi connectivity index (χ1v) is 12.8. The van der Waals surface area contributed by atoms with Crippen LogP contribution in [0, 0.1) is 0 Å². The quantitative estimate of drug-likeness (QED) is 0.365. The number of likely N-dealkylation sites (N-methyl/N-ethyl adjacent to an activating group) is 1. The highest BCUT2D eigenvalue weighted by molar-refractivity contribution is 6.34. The van der Waals surface area contributed by atoms with Gasteiger partial charge in [-0.3, -0.25) is 9.69 Å². The van der Waals surface area contributed by atoms with E-state index in [0.29, 0.717) is 11.3 Å². The molecule has 198 valence electrons. The van der Waals surface area contributed by atoms with E-state index in [1.807, 2.05) is 131 Å². The maximum Gasteiger partial charge on any atom is 0.411 e. The molecule has 2 atom stereocenters. The van der Waals surface area contributed by atoms with Gasteiger partial charge in [-0.25, -0.2) is 4.79 Å². The van der Waals surface area contributed by atoms with E-state index in [0.717, 1.165) is 16.7 Å². The van der Waals surface area contributed by atoms with Crippen molar-refractivity contribution in [2.45, 2.75) is 44.6 Å². The number of nitrogens with zero attached hydrogens (tertiary/aromatic N) is 2. The maximum absolute atomic E-state index is 14.3. The molecule has 38 heavy (non-hydrogen) atoms. The van der Waals surface area contributed by atoms with E-state index >= 15 is 0 Å². The zero-order valence-corrected chi connectivity index (χ0v) is 23.0. The molecule has 0 bridgehead atoms. The molecule has 6 nitrogen and oxygen atoms in total. The molecule has 1 aliphatic rings. The van der Waals surface area contributed by atoms with Gasteiger partial charge < -0.3 is 14.4 Å². The lowest BCUT2D eigenvalue weighted by molar-refractivity contribution is -0.146. The number of carbonyl (C=O) groups excluding carboxylic acids is 2. The standard InChI is InChI=1S/C32H36N2O4/c1-31(2,3)38-30(36)34(22-23-16-10-7-11-17-23)27(25-20-14-9-15-21-25)32(37-6)28(33(4)5)26(29(32)35)24-18-12-8-13-19-24/h7-21,27H,22H2,1-6H3/t27-,32+/m0/s1. The van der Waals surface area contributed by atoms with Gasteiger partial charge in [0.15, 0.2) is 5.60 Å². The average Bonchev–Trinajstić information content (AvgIpc) is 2.89. The monoisotopic (exact) mass is 512 g/mol. The minimum absolute atomic E-state index is 0.176. The van der Waals surface area contributed by atoms with Crippen molar-refractivity contribution in [2.75, 3.05) is 21.2 Å². The minimum atomic E-state index is -1.44. The van der Waals surface area contributed by atoms with Crippen LogP contribution in [-0.2, 0) is 20.8 Å². The first kappa shape index (κ1) is 27.1. The van der Waals surface area contributed by atoms with Crippen molar-refractivity contribution in [1.82, 2.24) is 9.80 Å². The average molecular weight is 513 g/mol. The molecule has 6 heteroatoms. The second-order valence-corrected chi connectivity index (χ2v) is 10.7. The van der Waals surface area contributed by atoms with Crippen LogP contribution in [0.5, 0.6) is 0 Å². The van der Waals surface area contributed by atoms with Crippen molar-refractivity contribution in [3.05, 3.63) is 113 Å². The molecule has 3 aromatic carbocycles. The van der Waals surface area contributed by atoms with Gasteiger partial charge in [0.05, 0.1) is 11.3 Å². The van der Waals surface area contributed by atoms with Crippen LogP contribution >= 0.6 is 0 Å². The van der Waals surface area contributed by atoms with Crippen molar-refractivity contribution in [3.8, 4) is 0 Å². The fraction of sp³-hybridized carbons (Fsp3) is 0.312. The summed E-state index contributed by atoms with van der Waals surface area (Å²) in [6, 6.07) is 28.1. The molecule has 0 radical (unpaired) electrons. The first-order chi connectivity index (χ1) is 18.1. The van der Waals surface area contributed by atoms with Gasteiger partial charge in [-0.15, -0.1) is 0 Å². The van der Waals surface area contributed by atoms with E-state index in [-0.39, 0.29) is 12.3 Å². The fourth-order valence-electron chi connectivity index (χ4n) is 5.14. The Hall–Kier alpha value is -3.90. The predicted octanol–water partition coefficient (Wildman–Crippen LogP) is 6.11. The van der Waals surface area contributed by atoms with Crippen LogP contribution in [-0.4, -0.2) is 54.1 Å². The normalized spacial score (nSPS) is 18.0. The number of carbonyl (C=O) groups is 2. The lowest BCUT2D eigenvalue weighted by Crippen LogP contribution is -2.63. The van der Waals surface area contributed by atoms with Crippen molar-refractivity contribution in [3.63, 3.8) is 0 Å². The Morgan fingerprint density at radius 3 is 1.89 bits per heavy atom. The van der Waals surface area contributed by atoms with Crippen molar-refractivity contribution >= 4 is 17.4 Å². The molecule has 1 amide bonds. The predicted molar refractivity (Wildman–Crippen MR) is 149 cm³/mol. The number of ether oxygens (including phenoxy) is 2. The lowest BCUT2D eigenvalue weighted by atomic mass is 9.66. The van der Waals surface area contributed by atoms with Crippen LogP contribution in [0.2, 0.25) is 0 Å². The minimum Gasteiger partial charge on any atom is -0.444 e. The summed E-state index contributed by atoms with van der Waals surface area (Å²) in [5.74, 6) is -0.176. The molecular weight excluding hydrogens is 476 g/mol. The van der Waals surface area contributed by atoms with E-state index in [2.05, 4.69) is 0 Å². The highest BCUT2D eigenvalue weighted by Gasteiger charge is 2.63. The zero-order valence-electron chi connectivity index (χ0n) is 23.0. The molecule has 0 aliphatic heterocycles. The van der Waals surface area contributed by atoms with E-state index in [9.17, 15) is 9.59 Å². The van der Waals surface area contributed by atoms with E-state index < -0.39 is 23.3 Å². The molecule has 0 saturated heterocycles. The number of benzene rings is 3. The van der Waals surface area contributed by atoms with Crippen LogP contribution in [0.3, 0.4) is 0 Å². The van der Waals surface area contributed by atoms with Crippen LogP contribution in [0.25, 0.3) is 5.57 Å². The van der Waals surface area contributed by atoms with Gasteiger partial charge in [0.1, 0.15) is 11.6 Å². The summed E-state index contributed by atoms with van der Waals surface area (Å²) < 4.78 is 12.1. The largest absolute Gasteiger partial charge is 0.444 e. The summed E-state index contributed by atoms with van der Waals surface area (Å²) in [5, 5.41) is 0. The summed E-state index contributed by atoms with van der Waals surface area (Å²) in [4.78, 5) is 31.8. The smallest absolute Gasteiger partial charge is 0.411 e. The van der Waals surface area contributed by atoms with Crippen LogP contribution in [0.15, 0.2) is 96.7 Å². The van der Waals surface area contributed by atoms with Crippen molar-refractivity contribution in [2.24, 2.45) is 0 Å². The van der Waals surface area contributed by atoms with Gasteiger partial charge in [0.25, 0.3) is 0 Å². The summed E-state index contributed by atoms with van der Waals surface area (Å²) in [5.41, 5.74) is 1.63. The van der Waals surface area contributed by atoms with Crippen LogP contribution in [0.1, 0.15) is 43.5 Å². The fourth-order valence-corrected chi connectivity index (χ4v) is 5.14. The van der Waals surface area contributed by atoms with Crippen LogP contribution in [0.4, 0.5) is 4.79 Å². The summed E-state index contributed by atoms with van der Waals surface area (Å²) in [6.45, 7) is 5.74.